The molecule has 7 heteroatoms. The molecule has 3 aromatic rings. The Morgan fingerprint density at radius 3 is 2.57 bits per heavy atom. The van der Waals surface area contributed by atoms with Crippen LogP contribution in [0.5, 0.6) is 0 Å². The molecule has 2 aromatic carbocycles. The number of carbonyl (C=O) groups excluding carboxylic acids is 1. The Kier molecular flexibility index (Phi) is 4.71. The summed E-state index contributed by atoms with van der Waals surface area (Å²) in [5, 5.41) is 0.829. The number of para-hydroxylation sites is 1. The van der Waals surface area contributed by atoms with Crippen molar-refractivity contribution in [3.63, 3.8) is 0 Å². The van der Waals surface area contributed by atoms with Gasteiger partial charge in [0.15, 0.2) is 15.6 Å². The lowest BCUT2D eigenvalue weighted by molar-refractivity contribution is 0.0647. The Morgan fingerprint density at radius 1 is 1.18 bits per heavy atom. The van der Waals surface area contributed by atoms with E-state index in [0.717, 1.165) is 5.39 Å². The molecule has 1 aliphatic rings. The topological polar surface area (TPSA) is 67.6 Å². The summed E-state index contributed by atoms with van der Waals surface area (Å²) in [4.78, 5) is 14.8. The van der Waals surface area contributed by atoms with Crippen LogP contribution >= 0.6 is 0 Å². The van der Waals surface area contributed by atoms with Crippen LogP contribution in [-0.4, -0.2) is 36.8 Å². The molecule has 2 heterocycles. The zero-order valence-electron chi connectivity index (χ0n) is 15.4. The van der Waals surface area contributed by atoms with Crippen LogP contribution in [0.3, 0.4) is 0 Å². The Hall–Kier alpha value is -2.67. The lowest BCUT2D eigenvalue weighted by atomic mass is 10.1. The molecule has 1 aromatic heterocycles. The standard InChI is InChI=1S/C21H20FNO4S/c1-14-17-7-3-5-9-19(17)27-20(14)21(24)23(16-10-11-28(25,26)13-16)12-15-6-2-4-8-18(15)22/h2-9,16H,10-13H2,1H3. The third-order valence-corrected chi connectivity index (χ3v) is 7.00. The van der Waals surface area contributed by atoms with Gasteiger partial charge in [0, 0.05) is 29.1 Å². The van der Waals surface area contributed by atoms with E-state index in [1.807, 2.05) is 18.2 Å². The predicted molar refractivity (Wildman–Crippen MR) is 104 cm³/mol. The average molecular weight is 401 g/mol. The molecule has 0 aliphatic carbocycles. The van der Waals surface area contributed by atoms with Crippen LogP contribution < -0.4 is 0 Å². The molecule has 1 saturated heterocycles. The van der Waals surface area contributed by atoms with Gasteiger partial charge in [-0.2, -0.15) is 0 Å². The van der Waals surface area contributed by atoms with E-state index in [2.05, 4.69) is 0 Å². The summed E-state index contributed by atoms with van der Waals surface area (Å²) in [7, 11) is -3.21. The Bertz CT molecular complexity index is 1150. The summed E-state index contributed by atoms with van der Waals surface area (Å²) >= 11 is 0. The van der Waals surface area contributed by atoms with Gasteiger partial charge in [-0.1, -0.05) is 36.4 Å². The maximum absolute atomic E-state index is 14.2. The molecule has 1 unspecified atom stereocenters. The third kappa shape index (κ3) is 3.42. The summed E-state index contributed by atoms with van der Waals surface area (Å²) < 4.78 is 44.0. The van der Waals surface area contributed by atoms with Crippen molar-refractivity contribution in [3.8, 4) is 0 Å². The predicted octanol–water partition coefficient (Wildman–Crippen LogP) is 3.71. The highest BCUT2D eigenvalue weighted by atomic mass is 32.2. The number of aryl methyl sites for hydroxylation is 1. The van der Waals surface area contributed by atoms with Crippen molar-refractivity contribution in [2.45, 2.75) is 25.9 Å². The lowest BCUT2D eigenvalue weighted by Gasteiger charge is -2.28. The van der Waals surface area contributed by atoms with Crippen LogP contribution in [0.25, 0.3) is 11.0 Å². The van der Waals surface area contributed by atoms with Crippen molar-refractivity contribution < 1.29 is 22.0 Å². The third-order valence-electron chi connectivity index (χ3n) is 5.25. The van der Waals surface area contributed by atoms with E-state index in [4.69, 9.17) is 4.42 Å². The number of amides is 1. The molecule has 0 spiro atoms. The Labute approximate surface area is 162 Å². The van der Waals surface area contributed by atoms with E-state index in [1.54, 1.807) is 31.2 Å². The molecule has 5 nitrogen and oxygen atoms in total. The largest absolute Gasteiger partial charge is 0.451 e. The second-order valence-electron chi connectivity index (χ2n) is 7.13. The van der Waals surface area contributed by atoms with Crippen molar-refractivity contribution in [1.29, 1.82) is 0 Å². The van der Waals surface area contributed by atoms with E-state index in [9.17, 15) is 17.6 Å². The fourth-order valence-corrected chi connectivity index (χ4v) is 5.44. The van der Waals surface area contributed by atoms with E-state index in [-0.39, 0.29) is 23.8 Å². The van der Waals surface area contributed by atoms with E-state index >= 15 is 0 Å². The fraction of sp³-hybridized carbons (Fsp3) is 0.286. The molecule has 1 aliphatic heterocycles. The van der Waals surface area contributed by atoms with Crippen molar-refractivity contribution in [1.82, 2.24) is 4.90 Å². The number of hydrogen-bond acceptors (Lipinski definition) is 4. The summed E-state index contributed by atoms with van der Waals surface area (Å²) in [5.41, 5.74) is 1.63. The Balaban J connectivity index is 1.74. The second-order valence-corrected chi connectivity index (χ2v) is 9.36. The van der Waals surface area contributed by atoms with Crippen molar-refractivity contribution >= 4 is 26.7 Å². The van der Waals surface area contributed by atoms with Crippen molar-refractivity contribution in [3.05, 3.63) is 71.2 Å². The minimum absolute atomic E-state index is 0.0117. The van der Waals surface area contributed by atoms with Crippen molar-refractivity contribution in [2.24, 2.45) is 0 Å². The lowest BCUT2D eigenvalue weighted by Crippen LogP contribution is -2.41. The zero-order chi connectivity index (χ0) is 19.9. The van der Waals surface area contributed by atoms with Crippen molar-refractivity contribution in [2.75, 3.05) is 11.5 Å². The van der Waals surface area contributed by atoms with Gasteiger partial charge in [-0.05, 0) is 25.5 Å². The number of sulfone groups is 1. The fourth-order valence-electron chi connectivity index (χ4n) is 3.71. The van der Waals surface area contributed by atoms with Crippen LogP contribution in [0.1, 0.15) is 28.1 Å². The van der Waals surface area contributed by atoms with Gasteiger partial charge in [0.25, 0.3) is 5.91 Å². The average Bonchev–Trinajstić information content (AvgIpc) is 3.20. The van der Waals surface area contributed by atoms with Crippen LogP contribution in [0.15, 0.2) is 52.9 Å². The van der Waals surface area contributed by atoms with E-state index in [1.165, 1.54) is 11.0 Å². The Morgan fingerprint density at radius 2 is 1.89 bits per heavy atom. The molecule has 0 N–H and O–H groups in total. The highest BCUT2D eigenvalue weighted by molar-refractivity contribution is 7.91. The van der Waals surface area contributed by atoms with Gasteiger partial charge < -0.3 is 9.32 Å². The van der Waals surface area contributed by atoms with E-state index < -0.39 is 27.6 Å². The maximum atomic E-state index is 14.2. The molecule has 0 radical (unpaired) electrons. The molecule has 28 heavy (non-hydrogen) atoms. The molecular formula is C21H20FNO4S. The molecular weight excluding hydrogens is 381 g/mol. The first-order valence-corrected chi connectivity index (χ1v) is 10.9. The van der Waals surface area contributed by atoms with Gasteiger partial charge in [0.1, 0.15) is 11.4 Å². The zero-order valence-corrected chi connectivity index (χ0v) is 16.2. The number of hydrogen-bond donors (Lipinski definition) is 0. The van der Waals surface area contributed by atoms with Crippen LogP contribution in [0, 0.1) is 12.7 Å². The first-order valence-electron chi connectivity index (χ1n) is 9.08. The number of nitrogens with zero attached hydrogens (tertiary/aromatic N) is 1. The maximum Gasteiger partial charge on any atom is 0.290 e. The minimum Gasteiger partial charge on any atom is -0.451 e. The van der Waals surface area contributed by atoms with Gasteiger partial charge in [-0.15, -0.1) is 0 Å². The summed E-state index contributed by atoms with van der Waals surface area (Å²) in [5.74, 6) is -0.770. The number of benzene rings is 2. The molecule has 4 rings (SSSR count). The molecule has 0 saturated carbocycles. The quantitative estimate of drug-likeness (QED) is 0.668. The SMILES string of the molecule is Cc1c(C(=O)N(Cc2ccccc2F)C2CCS(=O)(=O)C2)oc2ccccc12. The number of fused-ring (bicyclic) bond motifs is 1. The van der Waals surface area contributed by atoms with Crippen LogP contribution in [0.2, 0.25) is 0 Å². The van der Waals surface area contributed by atoms with Gasteiger partial charge in [-0.25, -0.2) is 12.8 Å². The first-order chi connectivity index (χ1) is 13.4. The highest BCUT2D eigenvalue weighted by Gasteiger charge is 2.37. The smallest absolute Gasteiger partial charge is 0.290 e. The molecule has 1 amide bonds. The summed E-state index contributed by atoms with van der Waals surface area (Å²) in [6, 6.07) is 13.0. The number of halogens is 1. The summed E-state index contributed by atoms with van der Waals surface area (Å²) in [6.45, 7) is 1.79. The van der Waals surface area contributed by atoms with Gasteiger partial charge in [0.2, 0.25) is 0 Å². The van der Waals surface area contributed by atoms with Gasteiger partial charge in [-0.3, -0.25) is 4.79 Å². The molecule has 1 atom stereocenters. The highest BCUT2D eigenvalue weighted by Crippen LogP contribution is 2.29. The first kappa shape index (κ1) is 18.7. The number of rotatable bonds is 4. The monoisotopic (exact) mass is 401 g/mol. The number of furan rings is 1. The minimum atomic E-state index is -3.21. The number of carbonyl (C=O) groups is 1. The molecule has 146 valence electrons. The molecule has 1 fully saturated rings. The van der Waals surface area contributed by atoms with Gasteiger partial charge >= 0.3 is 0 Å². The van der Waals surface area contributed by atoms with Crippen LogP contribution in [0.4, 0.5) is 4.39 Å². The summed E-state index contributed by atoms with van der Waals surface area (Å²) in [6.07, 6.45) is 0.335. The molecule has 0 bridgehead atoms. The van der Waals surface area contributed by atoms with Crippen LogP contribution in [-0.2, 0) is 16.4 Å². The van der Waals surface area contributed by atoms with E-state index in [0.29, 0.717) is 23.1 Å². The normalized spacial score (nSPS) is 18.4. The van der Waals surface area contributed by atoms with Gasteiger partial charge in [0.05, 0.1) is 11.5 Å². The second kappa shape index (κ2) is 7.05.